The van der Waals surface area contributed by atoms with Crippen LogP contribution < -0.4 is 10.2 Å². The second-order valence-corrected chi connectivity index (χ2v) is 8.69. The van der Waals surface area contributed by atoms with Gasteiger partial charge in [0.1, 0.15) is 5.82 Å². The van der Waals surface area contributed by atoms with Gasteiger partial charge in [0.05, 0.1) is 6.10 Å². The Bertz CT molecular complexity index is 1290. The van der Waals surface area contributed by atoms with Crippen LogP contribution in [0, 0.1) is 19.7 Å². The minimum atomic E-state index is -0.258. The first-order valence-electron chi connectivity index (χ1n) is 11.5. The molecule has 8 heteroatoms. The summed E-state index contributed by atoms with van der Waals surface area (Å²) in [5, 5.41) is 3.46. The normalized spacial score (nSPS) is 15.6. The first-order valence-corrected chi connectivity index (χ1v) is 11.5. The van der Waals surface area contributed by atoms with Crippen molar-refractivity contribution in [1.82, 2.24) is 19.9 Å². The average molecular weight is 459 g/mol. The van der Waals surface area contributed by atoms with E-state index in [0.29, 0.717) is 36.0 Å². The fourth-order valence-electron chi connectivity index (χ4n) is 4.14. The molecule has 174 valence electrons. The number of hydrogen-bond acceptors (Lipinski definition) is 7. The van der Waals surface area contributed by atoms with Gasteiger partial charge in [-0.2, -0.15) is 9.97 Å². The lowest BCUT2D eigenvalue weighted by atomic mass is 10.1. The van der Waals surface area contributed by atoms with Gasteiger partial charge in [-0.15, -0.1) is 0 Å². The zero-order valence-electron chi connectivity index (χ0n) is 19.3. The maximum Gasteiger partial charge on any atom is 0.229 e. The smallest absolute Gasteiger partial charge is 0.229 e. The van der Waals surface area contributed by atoms with E-state index in [1.54, 1.807) is 24.5 Å². The van der Waals surface area contributed by atoms with Crippen LogP contribution in [0.4, 0.5) is 21.8 Å². The summed E-state index contributed by atoms with van der Waals surface area (Å²) in [6, 6.07) is 12.8. The molecule has 4 aromatic rings. The molecule has 0 unspecified atom stereocenters. The highest BCUT2D eigenvalue weighted by Crippen LogP contribution is 2.28. The highest BCUT2D eigenvalue weighted by molar-refractivity contribution is 5.86. The maximum absolute atomic E-state index is 13.5. The van der Waals surface area contributed by atoms with Crippen LogP contribution in [0.2, 0.25) is 0 Å². The van der Waals surface area contributed by atoms with Gasteiger partial charge in [0.2, 0.25) is 5.95 Å². The van der Waals surface area contributed by atoms with E-state index in [0.717, 1.165) is 41.8 Å². The number of ether oxygens (including phenoxy) is 1. The first kappa shape index (κ1) is 22.2. The molecule has 5 rings (SSSR count). The van der Waals surface area contributed by atoms with Crippen molar-refractivity contribution < 1.29 is 9.13 Å². The molecule has 1 aliphatic heterocycles. The lowest BCUT2D eigenvalue weighted by Gasteiger charge is -2.26. The second kappa shape index (κ2) is 9.69. The predicted octanol–water partition coefficient (Wildman–Crippen LogP) is 5.10. The number of rotatable bonds is 7. The van der Waals surface area contributed by atoms with Gasteiger partial charge in [-0.3, -0.25) is 0 Å². The number of nitrogens with one attached hydrogen (secondary N) is 1. The fourth-order valence-corrected chi connectivity index (χ4v) is 4.14. The van der Waals surface area contributed by atoms with Crippen molar-refractivity contribution in [2.24, 2.45) is 0 Å². The Labute approximate surface area is 198 Å². The third-order valence-corrected chi connectivity index (χ3v) is 5.98. The molecule has 3 heterocycles. The van der Waals surface area contributed by atoms with Gasteiger partial charge in [0, 0.05) is 37.8 Å². The van der Waals surface area contributed by atoms with Crippen LogP contribution in [0.15, 0.2) is 54.9 Å². The molecule has 1 aliphatic rings. The van der Waals surface area contributed by atoms with Crippen molar-refractivity contribution in [1.29, 1.82) is 0 Å². The van der Waals surface area contributed by atoms with Gasteiger partial charge in [-0.25, -0.2) is 14.4 Å². The molecule has 0 radical (unpaired) electrons. The molecule has 0 aliphatic carbocycles. The third kappa shape index (κ3) is 4.97. The Balaban J connectivity index is 1.55. The molecule has 2 aromatic carbocycles. The van der Waals surface area contributed by atoms with Gasteiger partial charge in [0.15, 0.2) is 17.0 Å². The SMILES string of the molecule is Cc1ccc(C)c(Nc2nc(N(Cc3ccc(F)cc3)C[C@@H]3CCCO3)nc3nccnc23)c1. The molecular formula is C26H27FN6O. The number of aryl methyl sites for hydroxylation is 2. The molecule has 7 nitrogen and oxygen atoms in total. The summed E-state index contributed by atoms with van der Waals surface area (Å²) in [6.45, 7) is 6.02. The number of aromatic nitrogens is 4. The summed E-state index contributed by atoms with van der Waals surface area (Å²) in [4.78, 5) is 20.7. The molecule has 34 heavy (non-hydrogen) atoms. The van der Waals surface area contributed by atoms with Crippen molar-refractivity contribution in [2.75, 3.05) is 23.4 Å². The van der Waals surface area contributed by atoms with Crippen LogP contribution in [0.25, 0.3) is 11.2 Å². The Morgan fingerprint density at radius 1 is 1.06 bits per heavy atom. The minimum Gasteiger partial charge on any atom is -0.376 e. The van der Waals surface area contributed by atoms with Crippen molar-refractivity contribution in [3.8, 4) is 0 Å². The van der Waals surface area contributed by atoms with Crippen LogP contribution in [-0.4, -0.2) is 39.2 Å². The number of hydrogen-bond donors (Lipinski definition) is 1. The van der Waals surface area contributed by atoms with E-state index in [4.69, 9.17) is 14.7 Å². The van der Waals surface area contributed by atoms with Crippen molar-refractivity contribution in [3.05, 3.63) is 77.4 Å². The summed E-state index contributed by atoms with van der Waals surface area (Å²) in [7, 11) is 0. The molecule has 1 fully saturated rings. The highest BCUT2D eigenvalue weighted by Gasteiger charge is 2.23. The van der Waals surface area contributed by atoms with Crippen LogP contribution in [0.5, 0.6) is 0 Å². The largest absolute Gasteiger partial charge is 0.376 e. The van der Waals surface area contributed by atoms with Crippen molar-refractivity contribution in [2.45, 2.75) is 39.3 Å². The van der Waals surface area contributed by atoms with E-state index in [1.807, 2.05) is 0 Å². The van der Waals surface area contributed by atoms with Crippen molar-refractivity contribution in [3.63, 3.8) is 0 Å². The van der Waals surface area contributed by atoms with Crippen LogP contribution in [0.1, 0.15) is 29.5 Å². The van der Waals surface area contributed by atoms with Crippen LogP contribution in [0.3, 0.4) is 0 Å². The summed E-state index contributed by atoms with van der Waals surface area (Å²) in [6.07, 6.45) is 5.39. The van der Waals surface area contributed by atoms with Gasteiger partial charge in [-0.05, 0) is 61.6 Å². The van der Waals surface area contributed by atoms with Gasteiger partial charge in [0.25, 0.3) is 0 Å². The predicted molar refractivity (Wildman–Crippen MR) is 131 cm³/mol. The van der Waals surface area contributed by atoms with Gasteiger partial charge < -0.3 is 15.0 Å². The number of nitrogens with zero attached hydrogens (tertiary/aromatic N) is 5. The lowest BCUT2D eigenvalue weighted by Crippen LogP contribution is -2.33. The highest BCUT2D eigenvalue weighted by atomic mass is 19.1. The summed E-state index contributed by atoms with van der Waals surface area (Å²) in [5.41, 5.74) is 5.29. The minimum absolute atomic E-state index is 0.0945. The molecule has 2 aromatic heterocycles. The standard InChI is InChI=1S/C26H27FN6O/c1-17-5-6-18(2)22(14-17)30-25-23-24(29-12-11-28-23)31-26(32-25)33(16-21-4-3-13-34-21)15-19-7-9-20(27)10-8-19/h5-12,14,21H,3-4,13,15-16H2,1-2H3,(H,29,30,31,32)/t21-/m0/s1. The lowest BCUT2D eigenvalue weighted by molar-refractivity contribution is 0.115. The molecule has 0 bridgehead atoms. The quantitative estimate of drug-likeness (QED) is 0.413. The topological polar surface area (TPSA) is 76.1 Å². The number of benzene rings is 2. The summed E-state index contributed by atoms with van der Waals surface area (Å²) >= 11 is 0. The zero-order chi connectivity index (χ0) is 23.5. The monoisotopic (exact) mass is 458 g/mol. The zero-order valence-corrected chi connectivity index (χ0v) is 19.3. The van der Waals surface area contributed by atoms with E-state index < -0.39 is 0 Å². The van der Waals surface area contributed by atoms with E-state index >= 15 is 0 Å². The Morgan fingerprint density at radius 3 is 2.68 bits per heavy atom. The molecule has 1 saturated heterocycles. The van der Waals surface area contributed by atoms with E-state index in [9.17, 15) is 4.39 Å². The molecule has 0 spiro atoms. The average Bonchev–Trinajstić information content (AvgIpc) is 3.35. The fraction of sp³-hybridized carbons (Fsp3) is 0.308. The number of fused-ring (bicyclic) bond motifs is 1. The molecule has 0 amide bonds. The molecule has 0 saturated carbocycles. The van der Waals surface area contributed by atoms with Gasteiger partial charge in [-0.1, -0.05) is 24.3 Å². The summed E-state index contributed by atoms with van der Waals surface area (Å²) in [5.74, 6) is 0.866. The van der Waals surface area contributed by atoms with E-state index in [-0.39, 0.29) is 11.9 Å². The Kier molecular flexibility index (Phi) is 6.31. The maximum atomic E-state index is 13.5. The second-order valence-electron chi connectivity index (χ2n) is 8.69. The van der Waals surface area contributed by atoms with Crippen molar-refractivity contribution >= 4 is 28.6 Å². The number of halogens is 1. The molecule has 1 N–H and O–H groups in total. The van der Waals surface area contributed by atoms with E-state index in [2.05, 4.69) is 52.2 Å². The number of anilines is 3. The van der Waals surface area contributed by atoms with Crippen LogP contribution in [-0.2, 0) is 11.3 Å². The summed E-state index contributed by atoms with van der Waals surface area (Å²) < 4.78 is 19.4. The Morgan fingerprint density at radius 2 is 1.88 bits per heavy atom. The molecular weight excluding hydrogens is 431 g/mol. The van der Waals surface area contributed by atoms with Gasteiger partial charge >= 0.3 is 0 Å². The third-order valence-electron chi connectivity index (χ3n) is 5.98. The van der Waals surface area contributed by atoms with E-state index in [1.165, 1.54) is 12.1 Å². The molecule has 1 atom stereocenters. The van der Waals surface area contributed by atoms with Crippen LogP contribution >= 0.6 is 0 Å². The Hall–Kier alpha value is -3.65. The first-order chi connectivity index (χ1) is 16.5.